The second-order valence-corrected chi connectivity index (χ2v) is 5.89. The highest BCUT2D eigenvalue weighted by molar-refractivity contribution is 5.34. The molecular formula is C19H20FN3O2. The molecule has 0 bridgehead atoms. The topological polar surface area (TPSA) is 60.2 Å². The maximum absolute atomic E-state index is 14.3. The number of pyridine rings is 1. The number of aromatic nitrogens is 2. The number of hydrogen-bond acceptors (Lipinski definition) is 5. The lowest BCUT2D eigenvalue weighted by Crippen LogP contribution is -2.19. The van der Waals surface area contributed by atoms with Gasteiger partial charge in [-0.1, -0.05) is 11.2 Å². The van der Waals surface area contributed by atoms with Crippen LogP contribution in [0.1, 0.15) is 35.5 Å². The summed E-state index contributed by atoms with van der Waals surface area (Å²) in [5.74, 6) is 1.06. The third kappa shape index (κ3) is 4.03. The van der Waals surface area contributed by atoms with Crippen molar-refractivity contribution in [1.29, 1.82) is 0 Å². The summed E-state index contributed by atoms with van der Waals surface area (Å²) < 4.78 is 25.0. The highest BCUT2D eigenvalue weighted by atomic mass is 19.1. The molecule has 0 saturated heterocycles. The third-order valence-corrected chi connectivity index (χ3v) is 4.08. The Morgan fingerprint density at radius 3 is 2.76 bits per heavy atom. The second kappa shape index (κ2) is 7.44. The van der Waals surface area contributed by atoms with Crippen molar-refractivity contribution in [3.05, 3.63) is 71.1 Å². The fraction of sp³-hybridized carbons (Fsp3) is 0.263. The van der Waals surface area contributed by atoms with E-state index in [1.54, 1.807) is 30.6 Å². The van der Waals surface area contributed by atoms with Crippen LogP contribution in [-0.2, 0) is 6.54 Å². The summed E-state index contributed by atoms with van der Waals surface area (Å²) in [6.07, 6.45) is 3.18. The van der Waals surface area contributed by atoms with Crippen molar-refractivity contribution in [2.24, 2.45) is 0 Å². The van der Waals surface area contributed by atoms with Gasteiger partial charge in [-0.2, -0.15) is 0 Å². The number of nitrogens with one attached hydrogen (secondary N) is 1. The molecule has 1 atom stereocenters. The maximum atomic E-state index is 14.3. The minimum Gasteiger partial charge on any atom is -0.453 e. The molecule has 25 heavy (non-hydrogen) atoms. The van der Waals surface area contributed by atoms with Gasteiger partial charge in [-0.3, -0.25) is 4.98 Å². The molecule has 3 rings (SSSR count). The summed E-state index contributed by atoms with van der Waals surface area (Å²) >= 11 is 0. The molecule has 2 aromatic heterocycles. The first-order chi connectivity index (χ1) is 12.0. The first-order valence-corrected chi connectivity index (χ1v) is 8.07. The predicted octanol–water partition coefficient (Wildman–Crippen LogP) is 4.47. The summed E-state index contributed by atoms with van der Waals surface area (Å²) in [6, 6.07) is 8.40. The van der Waals surface area contributed by atoms with E-state index in [9.17, 15) is 4.39 Å². The fourth-order valence-corrected chi connectivity index (χ4v) is 2.53. The van der Waals surface area contributed by atoms with E-state index in [1.807, 2.05) is 26.8 Å². The van der Waals surface area contributed by atoms with Gasteiger partial charge in [0, 0.05) is 24.3 Å². The van der Waals surface area contributed by atoms with E-state index in [0.29, 0.717) is 12.3 Å². The monoisotopic (exact) mass is 341 g/mol. The van der Waals surface area contributed by atoms with Crippen molar-refractivity contribution < 1.29 is 13.7 Å². The molecule has 0 aliphatic rings. The molecule has 1 unspecified atom stereocenters. The summed E-state index contributed by atoms with van der Waals surface area (Å²) in [7, 11) is 0. The average molecular weight is 341 g/mol. The van der Waals surface area contributed by atoms with Gasteiger partial charge in [0.15, 0.2) is 11.6 Å². The van der Waals surface area contributed by atoms with Crippen LogP contribution in [-0.4, -0.2) is 10.1 Å². The van der Waals surface area contributed by atoms with E-state index in [4.69, 9.17) is 9.26 Å². The lowest BCUT2D eigenvalue weighted by Gasteiger charge is -2.15. The van der Waals surface area contributed by atoms with Crippen LogP contribution in [0.5, 0.6) is 11.5 Å². The second-order valence-electron chi connectivity index (χ2n) is 5.89. The Kier molecular flexibility index (Phi) is 5.09. The average Bonchev–Trinajstić information content (AvgIpc) is 2.93. The van der Waals surface area contributed by atoms with E-state index in [1.165, 1.54) is 6.07 Å². The quantitative estimate of drug-likeness (QED) is 0.717. The summed E-state index contributed by atoms with van der Waals surface area (Å²) in [5, 5.41) is 7.30. The first kappa shape index (κ1) is 17.1. The number of benzene rings is 1. The largest absolute Gasteiger partial charge is 0.453 e. The van der Waals surface area contributed by atoms with Gasteiger partial charge in [0.25, 0.3) is 0 Å². The summed E-state index contributed by atoms with van der Waals surface area (Å²) in [6.45, 7) is 6.38. The predicted molar refractivity (Wildman–Crippen MR) is 91.9 cm³/mol. The van der Waals surface area contributed by atoms with Crippen LogP contribution in [0, 0.1) is 19.7 Å². The highest BCUT2D eigenvalue weighted by Crippen LogP contribution is 2.26. The van der Waals surface area contributed by atoms with Crippen molar-refractivity contribution >= 4 is 0 Å². The van der Waals surface area contributed by atoms with E-state index < -0.39 is 5.82 Å². The number of ether oxygens (including phenoxy) is 1. The molecule has 3 aromatic rings. The van der Waals surface area contributed by atoms with Gasteiger partial charge in [-0.25, -0.2) is 4.39 Å². The fourth-order valence-electron chi connectivity index (χ4n) is 2.53. The third-order valence-electron chi connectivity index (χ3n) is 4.08. The molecule has 0 radical (unpaired) electrons. The molecule has 1 N–H and O–H groups in total. The molecule has 0 aliphatic carbocycles. The lowest BCUT2D eigenvalue weighted by molar-refractivity contribution is 0.391. The van der Waals surface area contributed by atoms with Crippen LogP contribution in [0.25, 0.3) is 0 Å². The normalized spacial score (nSPS) is 12.2. The number of hydrogen-bond donors (Lipinski definition) is 1. The van der Waals surface area contributed by atoms with E-state index in [2.05, 4.69) is 15.5 Å². The van der Waals surface area contributed by atoms with Crippen LogP contribution in [0.15, 0.2) is 47.2 Å². The minimum atomic E-state index is -0.410. The van der Waals surface area contributed by atoms with Crippen molar-refractivity contribution in [1.82, 2.24) is 15.5 Å². The van der Waals surface area contributed by atoms with Crippen molar-refractivity contribution in [3.63, 3.8) is 0 Å². The van der Waals surface area contributed by atoms with Crippen LogP contribution in [0.4, 0.5) is 4.39 Å². The molecule has 0 fully saturated rings. The van der Waals surface area contributed by atoms with Crippen LogP contribution < -0.4 is 10.1 Å². The Hall–Kier alpha value is -2.73. The van der Waals surface area contributed by atoms with Gasteiger partial charge in [0.05, 0.1) is 11.9 Å². The minimum absolute atomic E-state index is 0.0318. The Morgan fingerprint density at radius 1 is 1.28 bits per heavy atom. The van der Waals surface area contributed by atoms with Crippen molar-refractivity contribution in [2.75, 3.05) is 0 Å². The number of rotatable bonds is 6. The Labute approximate surface area is 145 Å². The zero-order chi connectivity index (χ0) is 17.8. The molecule has 2 heterocycles. The van der Waals surface area contributed by atoms with Gasteiger partial charge in [-0.05, 0) is 50.6 Å². The molecule has 0 saturated carbocycles. The Morgan fingerprint density at radius 2 is 2.12 bits per heavy atom. The Bertz CT molecular complexity index is 830. The van der Waals surface area contributed by atoms with E-state index in [0.717, 1.165) is 22.6 Å². The number of nitrogens with zero attached hydrogens (tertiary/aromatic N) is 2. The summed E-state index contributed by atoms with van der Waals surface area (Å²) in [5.41, 5.74) is 2.73. The summed E-state index contributed by atoms with van der Waals surface area (Å²) in [4.78, 5) is 3.95. The Balaban J connectivity index is 1.67. The first-order valence-electron chi connectivity index (χ1n) is 8.07. The van der Waals surface area contributed by atoms with Gasteiger partial charge >= 0.3 is 0 Å². The standard InChI is InChI=1S/C19H20FN3O2/c1-12(22-11-17-13(2)23-25-14(17)3)15-6-7-19(18(20)9-15)24-16-5-4-8-21-10-16/h4-10,12,22H,11H2,1-3H3. The lowest BCUT2D eigenvalue weighted by atomic mass is 10.1. The van der Waals surface area contributed by atoms with Gasteiger partial charge < -0.3 is 14.6 Å². The van der Waals surface area contributed by atoms with Gasteiger partial charge in [0.1, 0.15) is 11.5 Å². The molecule has 0 amide bonds. The zero-order valence-corrected chi connectivity index (χ0v) is 14.4. The molecule has 0 aliphatic heterocycles. The maximum Gasteiger partial charge on any atom is 0.166 e. The molecule has 6 heteroatoms. The van der Waals surface area contributed by atoms with E-state index in [-0.39, 0.29) is 11.8 Å². The van der Waals surface area contributed by atoms with Gasteiger partial charge in [0.2, 0.25) is 0 Å². The molecular weight excluding hydrogens is 321 g/mol. The molecule has 1 aromatic carbocycles. The number of halogens is 1. The zero-order valence-electron chi connectivity index (χ0n) is 14.4. The van der Waals surface area contributed by atoms with Crippen LogP contribution in [0.2, 0.25) is 0 Å². The van der Waals surface area contributed by atoms with E-state index >= 15 is 0 Å². The SMILES string of the molecule is Cc1noc(C)c1CNC(C)c1ccc(Oc2cccnc2)c(F)c1. The van der Waals surface area contributed by atoms with Gasteiger partial charge in [-0.15, -0.1) is 0 Å². The van der Waals surface area contributed by atoms with Crippen molar-refractivity contribution in [2.45, 2.75) is 33.4 Å². The molecule has 5 nitrogen and oxygen atoms in total. The molecule has 130 valence electrons. The highest BCUT2D eigenvalue weighted by Gasteiger charge is 2.13. The number of aryl methyl sites for hydroxylation is 2. The smallest absolute Gasteiger partial charge is 0.166 e. The van der Waals surface area contributed by atoms with Crippen LogP contribution >= 0.6 is 0 Å². The van der Waals surface area contributed by atoms with Crippen molar-refractivity contribution in [3.8, 4) is 11.5 Å². The van der Waals surface area contributed by atoms with Crippen LogP contribution in [0.3, 0.4) is 0 Å². The molecule has 0 spiro atoms.